The summed E-state index contributed by atoms with van der Waals surface area (Å²) in [6.45, 7) is 0. The van der Waals surface area contributed by atoms with Crippen LogP contribution in [-0.2, 0) is 0 Å². The van der Waals surface area contributed by atoms with Crippen LogP contribution in [0.5, 0.6) is 0 Å². The highest BCUT2D eigenvalue weighted by Crippen LogP contribution is 2.31. The van der Waals surface area contributed by atoms with E-state index in [4.69, 9.17) is 0 Å². The lowest BCUT2D eigenvalue weighted by atomic mass is 10.0. The van der Waals surface area contributed by atoms with Gasteiger partial charge in [0.15, 0.2) is 6.29 Å². The Labute approximate surface area is 142 Å². The predicted octanol–water partition coefficient (Wildman–Crippen LogP) is 4.98. The van der Waals surface area contributed by atoms with E-state index < -0.39 is 0 Å². The Balaban J connectivity index is 2.03. The number of anilines is 3. The molecule has 0 spiro atoms. The highest BCUT2D eigenvalue weighted by atomic mass is 16.1. The molecule has 0 aliphatic heterocycles. The number of rotatable bonds is 5. The molecule has 120 valence electrons. The van der Waals surface area contributed by atoms with Crippen molar-refractivity contribution in [3.05, 3.63) is 78.4 Å². The van der Waals surface area contributed by atoms with Crippen LogP contribution in [0.3, 0.4) is 0 Å². The molecular weight excluding hydrogens is 296 g/mol. The number of aldehydes is 1. The maximum atomic E-state index is 11.4. The number of hydrogen-bond acceptors (Lipinski definition) is 3. The minimum atomic E-state index is 0.642. The first-order valence-corrected chi connectivity index (χ1v) is 7.87. The lowest BCUT2D eigenvalue weighted by molar-refractivity contribution is 0.112. The molecule has 0 aliphatic carbocycles. The van der Waals surface area contributed by atoms with Gasteiger partial charge in [-0.25, -0.2) is 0 Å². The van der Waals surface area contributed by atoms with Gasteiger partial charge in [-0.2, -0.15) is 0 Å². The van der Waals surface area contributed by atoms with Crippen LogP contribution in [-0.4, -0.2) is 20.4 Å². The Morgan fingerprint density at radius 1 is 0.792 bits per heavy atom. The van der Waals surface area contributed by atoms with Crippen LogP contribution in [0.4, 0.5) is 17.1 Å². The molecule has 0 aliphatic rings. The van der Waals surface area contributed by atoms with Crippen molar-refractivity contribution in [1.29, 1.82) is 0 Å². The molecule has 0 saturated carbocycles. The van der Waals surface area contributed by atoms with E-state index in [1.54, 1.807) is 0 Å². The van der Waals surface area contributed by atoms with E-state index in [0.717, 1.165) is 34.5 Å². The SMILES string of the molecule is CN(C)c1ccccc1Nc1cc(-c2ccccc2)ccc1C=O. The normalized spacial score (nSPS) is 10.2. The number of benzene rings is 3. The van der Waals surface area contributed by atoms with Gasteiger partial charge in [0.05, 0.1) is 11.4 Å². The van der Waals surface area contributed by atoms with Crippen LogP contribution in [0.1, 0.15) is 10.4 Å². The summed E-state index contributed by atoms with van der Waals surface area (Å²) in [6, 6.07) is 24.0. The monoisotopic (exact) mass is 316 g/mol. The number of para-hydroxylation sites is 2. The molecule has 3 nitrogen and oxygen atoms in total. The molecule has 0 heterocycles. The first-order chi connectivity index (χ1) is 11.7. The number of carbonyl (C=O) groups excluding carboxylic acids is 1. The molecule has 3 aromatic rings. The minimum Gasteiger partial charge on any atom is -0.376 e. The summed E-state index contributed by atoms with van der Waals surface area (Å²) < 4.78 is 0. The number of nitrogens with one attached hydrogen (secondary N) is 1. The standard InChI is InChI=1S/C21H20N2O/c1-23(2)21-11-7-6-10-19(21)22-20-14-17(12-13-18(20)15-24)16-8-4-3-5-9-16/h3-15,22H,1-2H3. The average Bonchev–Trinajstić information content (AvgIpc) is 2.62. The van der Waals surface area contributed by atoms with Crippen LogP contribution < -0.4 is 10.2 Å². The van der Waals surface area contributed by atoms with Crippen molar-refractivity contribution in [3.8, 4) is 11.1 Å². The highest BCUT2D eigenvalue weighted by molar-refractivity contribution is 5.90. The van der Waals surface area contributed by atoms with Crippen molar-refractivity contribution in [2.45, 2.75) is 0 Å². The Hall–Kier alpha value is -3.07. The van der Waals surface area contributed by atoms with Crippen LogP contribution in [0.2, 0.25) is 0 Å². The van der Waals surface area contributed by atoms with Gasteiger partial charge < -0.3 is 10.2 Å². The van der Waals surface area contributed by atoms with Crippen LogP contribution >= 0.6 is 0 Å². The van der Waals surface area contributed by atoms with Crippen molar-refractivity contribution in [2.75, 3.05) is 24.3 Å². The molecule has 0 radical (unpaired) electrons. The molecule has 3 heteroatoms. The van der Waals surface area contributed by atoms with Crippen molar-refractivity contribution >= 4 is 23.3 Å². The number of hydrogen-bond donors (Lipinski definition) is 1. The molecule has 3 rings (SSSR count). The van der Waals surface area contributed by atoms with Gasteiger partial charge in [-0.1, -0.05) is 48.5 Å². The summed E-state index contributed by atoms with van der Waals surface area (Å²) in [4.78, 5) is 13.5. The summed E-state index contributed by atoms with van der Waals surface area (Å²) >= 11 is 0. The second-order valence-electron chi connectivity index (χ2n) is 5.82. The van der Waals surface area contributed by atoms with E-state index in [9.17, 15) is 4.79 Å². The molecule has 0 unspecified atom stereocenters. The third kappa shape index (κ3) is 3.30. The van der Waals surface area contributed by atoms with E-state index >= 15 is 0 Å². The van der Waals surface area contributed by atoms with Gasteiger partial charge in [0, 0.05) is 25.3 Å². The fourth-order valence-corrected chi connectivity index (χ4v) is 2.69. The van der Waals surface area contributed by atoms with Gasteiger partial charge in [-0.3, -0.25) is 4.79 Å². The van der Waals surface area contributed by atoms with Crippen LogP contribution in [0.15, 0.2) is 72.8 Å². The zero-order valence-electron chi connectivity index (χ0n) is 13.9. The largest absolute Gasteiger partial charge is 0.376 e. The van der Waals surface area contributed by atoms with E-state index in [-0.39, 0.29) is 0 Å². The van der Waals surface area contributed by atoms with Gasteiger partial charge in [0.1, 0.15) is 0 Å². The number of nitrogens with zero attached hydrogens (tertiary/aromatic N) is 1. The molecule has 0 bridgehead atoms. The van der Waals surface area contributed by atoms with Gasteiger partial charge >= 0.3 is 0 Å². The fraction of sp³-hybridized carbons (Fsp3) is 0.0952. The first kappa shape index (κ1) is 15.8. The van der Waals surface area contributed by atoms with Gasteiger partial charge in [0.25, 0.3) is 0 Å². The van der Waals surface area contributed by atoms with E-state index in [0.29, 0.717) is 5.56 Å². The van der Waals surface area contributed by atoms with Crippen molar-refractivity contribution in [1.82, 2.24) is 0 Å². The van der Waals surface area contributed by atoms with Gasteiger partial charge in [0.2, 0.25) is 0 Å². The molecule has 0 aromatic heterocycles. The average molecular weight is 316 g/mol. The smallest absolute Gasteiger partial charge is 0.152 e. The molecule has 0 atom stereocenters. The highest BCUT2D eigenvalue weighted by Gasteiger charge is 2.09. The lowest BCUT2D eigenvalue weighted by Gasteiger charge is -2.19. The summed E-state index contributed by atoms with van der Waals surface area (Å²) in [5.74, 6) is 0. The summed E-state index contributed by atoms with van der Waals surface area (Å²) in [6.07, 6.45) is 0.884. The molecule has 3 aromatic carbocycles. The summed E-state index contributed by atoms with van der Waals surface area (Å²) in [7, 11) is 4.00. The predicted molar refractivity (Wildman–Crippen MR) is 101 cm³/mol. The van der Waals surface area contributed by atoms with Crippen molar-refractivity contribution < 1.29 is 4.79 Å². The van der Waals surface area contributed by atoms with Crippen molar-refractivity contribution in [3.63, 3.8) is 0 Å². The zero-order valence-corrected chi connectivity index (χ0v) is 13.9. The van der Waals surface area contributed by atoms with Gasteiger partial charge in [-0.15, -0.1) is 0 Å². The third-order valence-electron chi connectivity index (χ3n) is 3.94. The molecular formula is C21H20N2O. The van der Waals surface area contributed by atoms with E-state index in [1.807, 2.05) is 79.7 Å². The molecule has 24 heavy (non-hydrogen) atoms. The summed E-state index contributed by atoms with van der Waals surface area (Å²) in [5.41, 5.74) is 5.68. The second kappa shape index (κ2) is 7.01. The van der Waals surface area contributed by atoms with E-state index in [1.165, 1.54) is 0 Å². The second-order valence-corrected chi connectivity index (χ2v) is 5.82. The van der Waals surface area contributed by atoms with Crippen LogP contribution in [0.25, 0.3) is 11.1 Å². The number of carbonyl (C=O) groups is 1. The molecule has 1 N–H and O–H groups in total. The zero-order chi connectivity index (χ0) is 16.9. The molecule has 0 saturated heterocycles. The Kier molecular flexibility index (Phi) is 4.62. The molecule has 0 fully saturated rings. The lowest BCUT2D eigenvalue weighted by Crippen LogP contribution is -2.11. The topological polar surface area (TPSA) is 32.3 Å². The Morgan fingerprint density at radius 2 is 1.50 bits per heavy atom. The first-order valence-electron chi connectivity index (χ1n) is 7.87. The molecule has 0 amide bonds. The maximum absolute atomic E-state index is 11.4. The maximum Gasteiger partial charge on any atom is 0.152 e. The fourth-order valence-electron chi connectivity index (χ4n) is 2.69. The quantitative estimate of drug-likeness (QED) is 0.674. The minimum absolute atomic E-state index is 0.642. The third-order valence-corrected chi connectivity index (χ3v) is 3.94. The Bertz CT molecular complexity index is 841. The van der Waals surface area contributed by atoms with Crippen LogP contribution in [0, 0.1) is 0 Å². The summed E-state index contributed by atoms with van der Waals surface area (Å²) in [5, 5.41) is 3.41. The van der Waals surface area contributed by atoms with E-state index in [2.05, 4.69) is 17.4 Å². The Morgan fingerprint density at radius 3 is 2.21 bits per heavy atom. The van der Waals surface area contributed by atoms with Crippen molar-refractivity contribution in [2.24, 2.45) is 0 Å². The van der Waals surface area contributed by atoms with Gasteiger partial charge in [-0.05, 0) is 35.4 Å².